The SMILES string of the molecule is CCNC(=NCc1cccc(N(C)C)c1)NCC(=O)N(C)C.I. The average Bonchev–Trinajstić information content (AvgIpc) is 2.49. The average molecular weight is 433 g/mol. The van der Waals surface area contributed by atoms with Crippen molar-refractivity contribution < 1.29 is 4.79 Å². The molecule has 23 heavy (non-hydrogen) atoms. The quantitative estimate of drug-likeness (QED) is 0.406. The van der Waals surface area contributed by atoms with Gasteiger partial charge in [-0.25, -0.2) is 4.99 Å². The molecule has 0 atom stereocenters. The van der Waals surface area contributed by atoms with Gasteiger partial charge in [-0.1, -0.05) is 12.1 Å². The van der Waals surface area contributed by atoms with Gasteiger partial charge in [-0.2, -0.15) is 0 Å². The molecule has 0 fully saturated rings. The van der Waals surface area contributed by atoms with Gasteiger partial charge in [-0.3, -0.25) is 4.79 Å². The Morgan fingerprint density at radius 1 is 1.17 bits per heavy atom. The van der Waals surface area contributed by atoms with E-state index in [0.29, 0.717) is 12.5 Å². The number of benzene rings is 1. The zero-order chi connectivity index (χ0) is 16.5. The topological polar surface area (TPSA) is 60.0 Å². The summed E-state index contributed by atoms with van der Waals surface area (Å²) in [7, 11) is 7.50. The normalized spacial score (nSPS) is 10.6. The van der Waals surface area contributed by atoms with Crippen LogP contribution in [0.25, 0.3) is 0 Å². The highest BCUT2D eigenvalue weighted by Gasteiger charge is 2.05. The van der Waals surface area contributed by atoms with Gasteiger partial charge < -0.3 is 20.4 Å². The van der Waals surface area contributed by atoms with Gasteiger partial charge in [0.25, 0.3) is 0 Å². The molecule has 0 aromatic heterocycles. The molecule has 0 heterocycles. The Hall–Kier alpha value is -1.51. The van der Waals surface area contributed by atoms with E-state index in [9.17, 15) is 4.79 Å². The van der Waals surface area contributed by atoms with Crippen molar-refractivity contribution in [2.24, 2.45) is 4.99 Å². The fourth-order valence-corrected chi connectivity index (χ4v) is 1.76. The van der Waals surface area contributed by atoms with Crippen LogP contribution in [0.3, 0.4) is 0 Å². The summed E-state index contributed by atoms with van der Waals surface area (Å²) in [6.45, 7) is 3.54. The Balaban J connectivity index is 0.00000484. The highest BCUT2D eigenvalue weighted by Crippen LogP contribution is 2.13. The van der Waals surface area contributed by atoms with Crippen LogP contribution in [0.15, 0.2) is 29.3 Å². The van der Waals surface area contributed by atoms with Gasteiger partial charge in [-0.05, 0) is 24.6 Å². The van der Waals surface area contributed by atoms with Crippen LogP contribution in [0, 0.1) is 0 Å². The van der Waals surface area contributed by atoms with Crippen LogP contribution in [0.4, 0.5) is 5.69 Å². The summed E-state index contributed by atoms with van der Waals surface area (Å²) < 4.78 is 0. The number of rotatable bonds is 6. The van der Waals surface area contributed by atoms with Gasteiger partial charge in [0.2, 0.25) is 5.91 Å². The van der Waals surface area contributed by atoms with Gasteiger partial charge in [0.15, 0.2) is 5.96 Å². The van der Waals surface area contributed by atoms with Crippen molar-refractivity contribution in [2.75, 3.05) is 46.2 Å². The zero-order valence-electron chi connectivity index (χ0n) is 14.6. The lowest BCUT2D eigenvalue weighted by molar-refractivity contribution is -0.127. The molecule has 0 aliphatic rings. The lowest BCUT2D eigenvalue weighted by atomic mass is 10.2. The minimum Gasteiger partial charge on any atom is -0.378 e. The Kier molecular flexibility index (Phi) is 10.4. The van der Waals surface area contributed by atoms with Crippen molar-refractivity contribution in [3.8, 4) is 0 Å². The second-order valence-electron chi connectivity index (χ2n) is 5.40. The van der Waals surface area contributed by atoms with Crippen LogP contribution in [-0.4, -0.2) is 58.0 Å². The van der Waals surface area contributed by atoms with Crippen LogP contribution in [0.2, 0.25) is 0 Å². The summed E-state index contributed by atoms with van der Waals surface area (Å²) in [6, 6.07) is 8.24. The number of nitrogens with one attached hydrogen (secondary N) is 2. The number of likely N-dealkylation sites (N-methyl/N-ethyl adjacent to an activating group) is 1. The van der Waals surface area contributed by atoms with E-state index in [0.717, 1.165) is 17.8 Å². The summed E-state index contributed by atoms with van der Waals surface area (Å²) >= 11 is 0. The molecular formula is C16H28IN5O. The first-order chi connectivity index (χ1) is 10.4. The highest BCUT2D eigenvalue weighted by atomic mass is 127. The number of anilines is 1. The number of hydrogen-bond donors (Lipinski definition) is 2. The fourth-order valence-electron chi connectivity index (χ4n) is 1.76. The Morgan fingerprint density at radius 3 is 2.43 bits per heavy atom. The molecule has 0 radical (unpaired) electrons. The molecule has 0 spiro atoms. The molecule has 7 heteroatoms. The first-order valence-electron chi connectivity index (χ1n) is 7.42. The number of amides is 1. The van der Waals surface area contributed by atoms with Gasteiger partial charge in [-0.15, -0.1) is 24.0 Å². The Labute approximate surface area is 156 Å². The van der Waals surface area contributed by atoms with E-state index in [4.69, 9.17) is 0 Å². The van der Waals surface area contributed by atoms with Crippen LogP contribution >= 0.6 is 24.0 Å². The molecule has 0 aliphatic heterocycles. The molecule has 1 aromatic carbocycles. The minimum absolute atomic E-state index is 0. The molecule has 0 saturated carbocycles. The van der Waals surface area contributed by atoms with Crippen molar-refractivity contribution in [2.45, 2.75) is 13.5 Å². The van der Waals surface area contributed by atoms with Crippen molar-refractivity contribution >= 4 is 41.5 Å². The number of aliphatic imine (C=N–C) groups is 1. The van der Waals surface area contributed by atoms with Crippen molar-refractivity contribution in [3.05, 3.63) is 29.8 Å². The summed E-state index contributed by atoms with van der Waals surface area (Å²) in [5.74, 6) is 0.660. The van der Waals surface area contributed by atoms with Crippen molar-refractivity contribution in [1.29, 1.82) is 0 Å². The van der Waals surface area contributed by atoms with E-state index in [-0.39, 0.29) is 36.4 Å². The minimum atomic E-state index is 0. The maximum atomic E-state index is 11.6. The summed E-state index contributed by atoms with van der Waals surface area (Å²) in [4.78, 5) is 19.8. The van der Waals surface area contributed by atoms with E-state index in [1.165, 1.54) is 0 Å². The molecule has 1 amide bonds. The Bertz CT molecular complexity index is 517. The molecule has 130 valence electrons. The number of carbonyl (C=O) groups excluding carboxylic acids is 1. The van der Waals surface area contributed by atoms with Crippen LogP contribution in [-0.2, 0) is 11.3 Å². The van der Waals surface area contributed by atoms with Gasteiger partial charge >= 0.3 is 0 Å². The number of halogens is 1. The lowest BCUT2D eigenvalue weighted by Gasteiger charge is -2.15. The number of hydrogen-bond acceptors (Lipinski definition) is 3. The van der Waals surface area contributed by atoms with E-state index in [1.54, 1.807) is 19.0 Å². The van der Waals surface area contributed by atoms with Crippen molar-refractivity contribution in [3.63, 3.8) is 0 Å². The van der Waals surface area contributed by atoms with E-state index in [1.807, 2.05) is 33.2 Å². The first kappa shape index (κ1) is 21.5. The Morgan fingerprint density at radius 2 is 1.87 bits per heavy atom. The predicted octanol–water partition coefficient (Wildman–Crippen LogP) is 1.51. The number of carbonyl (C=O) groups is 1. The highest BCUT2D eigenvalue weighted by molar-refractivity contribution is 14.0. The smallest absolute Gasteiger partial charge is 0.241 e. The maximum absolute atomic E-state index is 11.6. The van der Waals surface area contributed by atoms with E-state index >= 15 is 0 Å². The van der Waals surface area contributed by atoms with Gasteiger partial charge in [0.05, 0.1) is 13.1 Å². The third kappa shape index (κ3) is 8.06. The summed E-state index contributed by atoms with van der Waals surface area (Å²) in [6.07, 6.45) is 0. The lowest BCUT2D eigenvalue weighted by Crippen LogP contribution is -2.42. The monoisotopic (exact) mass is 433 g/mol. The molecule has 2 N–H and O–H groups in total. The van der Waals surface area contributed by atoms with Crippen LogP contribution in [0.1, 0.15) is 12.5 Å². The molecule has 0 saturated heterocycles. The first-order valence-corrected chi connectivity index (χ1v) is 7.42. The number of guanidine groups is 1. The molecule has 0 unspecified atom stereocenters. The van der Waals surface area contributed by atoms with E-state index < -0.39 is 0 Å². The third-order valence-corrected chi connectivity index (χ3v) is 3.10. The fraction of sp³-hybridized carbons (Fsp3) is 0.500. The third-order valence-electron chi connectivity index (χ3n) is 3.10. The van der Waals surface area contributed by atoms with Gasteiger partial charge in [0, 0.05) is 40.4 Å². The van der Waals surface area contributed by atoms with Crippen LogP contribution in [0.5, 0.6) is 0 Å². The number of nitrogens with zero attached hydrogens (tertiary/aromatic N) is 3. The largest absolute Gasteiger partial charge is 0.378 e. The second-order valence-corrected chi connectivity index (χ2v) is 5.40. The predicted molar refractivity (Wildman–Crippen MR) is 108 cm³/mol. The molecular weight excluding hydrogens is 405 g/mol. The molecule has 0 bridgehead atoms. The summed E-state index contributed by atoms with van der Waals surface area (Å²) in [5.41, 5.74) is 2.27. The van der Waals surface area contributed by atoms with Crippen LogP contribution < -0.4 is 15.5 Å². The second kappa shape index (κ2) is 11.1. The van der Waals surface area contributed by atoms with E-state index in [2.05, 4.69) is 32.7 Å². The zero-order valence-corrected chi connectivity index (χ0v) is 16.9. The standard InChI is InChI=1S/C16H27N5O.HI/c1-6-17-16(19-12-15(22)21(4)5)18-11-13-8-7-9-14(10-13)20(2)3;/h7-10H,6,11-12H2,1-5H3,(H2,17,18,19);1H. The van der Waals surface area contributed by atoms with Crippen molar-refractivity contribution in [1.82, 2.24) is 15.5 Å². The van der Waals surface area contributed by atoms with Gasteiger partial charge in [0.1, 0.15) is 0 Å². The summed E-state index contributed by atoms with van der Waals surface area (Å²) in [5, 5.41) is 6.19. The molecule has 1 rings (SSSR count). The molecule has 6 nitrogen and oxygen atoms in total. The molecule has 0 aliphatic carbocycles. The maximum Gasteiger partial charge on any atom is 0.241 e. The molecule has 1 aromatic rings.